The Morgan fingerprint density at radius 1 is 0.875 bits per heavy atom. The van der Waals surface area contributed by atoms with E-state index in [4.69, 9.17) is 0 Å². The van der Waals surface area contributed by atoms with Crippen LogP contribution in [-0.2, 0) is 12.6 Å². The first-order chi connectivity index (χ1) is 7.54. The van der Waals surface area contributed by atoms with Crippen molar-refractivity contribution in [2.24, 2.45) is 0 Å². The molecular weight excluding hydrogens is 213 g/mol. The molecule has 0 saturated carbocycles. The first kappa shape index (κ1) is 17.4. The van der Waals surface area contributed by atoms with Crippen LogP contribution < -0.4 is 0 Å². The Morgan fingerprint density at radius 3 is 1.50 bits per heavy atom. The number of halogens is 3. The lowest BCUT2D eigenvalue weighted by Crippen LogP contribution is -2.04. The van der Waals surface area contributed by atoms with E-state index in [0.717, 1.165) is 24.1 Å². The Morgan fingerprint density at radius 2 is 1.25 bits per heavy atom. The van der Waals surface area contributed by atoms with Gasteiger partial charge >= 0.3 is 6.18 Å². The van der Waals surface area contributed by atoms with Crippen LogP contribution in [0.3, 0.4) is 0 Å². The Hall–Kier alpha value is -0.990. The number of hydrogen-bond donors (Lipinski definition) is 0. The maximum Gasteiger partial charge on any atom is 0.416 e. The molecule has 16 heavy (non-hydrogen) atoms. The van der Waals surface area contributed by atoms with Gasteiger partial charge in [0.05, 0.1) is 5.56 Å². The van der Waals surface area contributed by atoms with E-state index in [1.807, 2.05) is 34.6 Å². The summed E-state index contributed by atoms with van der Waals surface area (Å²) in [4.78, 5) is 0. The molecule has 0 aliphatic carbocycles. The first-order valence-electron chi connectivity index (χ1n) is 5.70. The van der Waals surface area contributed by atoms with Gasteiger partial charge in [0.1, 0.15) is 0 Å². The smallest absolute Gasteiger partial charge is 0.166 e. The van der Waals surface area contributed by atoms with Gasteiger partial charge in [0.25, 0.3) is 0 Å². The van der Waals surface area contributed by atoms with Crippen molar-refractivity contribution < 1.29 is 13.2 Å². The second-order valence-corrected chi connectivity index (χ2v) is 2.55. The van der Waals surface area contributed by atoms with Crippen molar-refractivity contribution in [3.63, 3.8) is 0 Å². The largest absolute Gasteiger partial charge is 0.416 e. The fourth-order valence-corrected chi connectivity index (χ4v) is 0.929. The van der Waals surface area contributed by atoms with Crippen LogP contribution in [0.15, 0.2) is 24.3 Å². The molecule has 0 saturated heterocycles. The summed E-state index contributed by atoms with van der Waals surface area (Å²) < 4.78 is 36.1. The Bertz CT molecular complexity index is 247. The molecule has 0 aromatic heterocycles. The molecule has 1 aromatic rings. The van der Waals surface area contributed by atoms with Gasteiger partial charge in [-0.25, -0.2) is 0 Å². The number of hydrogen-bond acceptors (Lipinski definition) is 0. The molecule has 0 bridgehead atoms. The molecule has 0 unspecified atom stereocenters. The lowest BCUT2D eigenvalue weighted by molar-refractivity contribution is -0.137. The van der Waals surface area contributed by atoms with Gasteiger partial charge in [0.15, 0.2) is 0 Å². The zero-order valence-electron chi connectivity index (χ0n) is 10.7. The standard InChI is InChI=1S/C9H9F3.2C2H6/c1-2-7-3-5-8(6-4-7)9(10,11)12;2*1-2/h3-6H,2H2,1H3;2*1-2H3. The van der Waals surface area contributed by atoms with Crippen LogP contribution in [0, 0.1) is 0 Å². The van der Waals surface area contributed by atoms with Gasteiger partial charge in [0.2, 0.25) is 0 Å². The normalized spacial score (nSPS) is 9.50. The lowest BCUT2D eigenvalue weighted by atomic mass is 10.1. The van der Waals surface area contributed by atoms with Crippen LogP contribution in [0.2, 0.25) is 0 Å². The molecule has 0 amide bonds. The average Bonchev–Trinajstić information content (AvgIpc) is 2.33. The molecule has 94 valence electrons. The maximum atomic E-state index is 12.0. The summed E-state index contributed by atoms with van der Waals surface area (Å²) in [6.45, 7) is 9.91. The van der Waals surface area contributed by atoms with E-state index < -0.39 is 11.7 Å². The SMILES string of the molecule is CC.CC.CCc1ccc(C(F)(F)F)cc1. The van der Waals surface area contributed by atoms with Crippen molar-refractivity contribution in [2.45, 2.75) is 47.2 Å². The van der Waals surface area contributed by atoms with Gasteiger partial charge in [-0.2, -0.15) is 13.2 Å². The van der Waals surface area contributed by atoms with E-state index in [0.29, 0.717) is 0 Å². The molecule has 1 aromatic carbocycles. The summed E-state index contributed by atoms with van der Waals surface area (Å²) in [5.41, 5.74) is 0.336. The minimum absolute atomic E-state index is 0.584. The van der Waals surface area contributed by atoms with Crippen LogP contribution in [0.1, 0.15) is 45.7 Å². The van der Waals surface area contributed by atoms with E-state index in [9.17, 15) is 13.2 Å². The third-order valence-electron chi connectivity index (χ3n) is 1.69. The maximum absolute atomic E-state index is 12.0. The van der Waals surface area contributed by atoms with E-state index in [-0.39, 0.29) is 0 Å². The highest BCUT2D eigenvalue weighted by Crippen LogP contribution is 2.28. The highest BCUT2D eigenvalue weighted by atomic mass is 19.4. The first-order valence-corrected chi connectivity index (χ1v) is 5.70. The lowest BCUT2D eigenvalue weighted by Gasteiger charge is -2.06. The van der Waals surface area contributed by atoms with Gasteiger partial charge in [-0.15, -0.1) is 0 Å². The topological polar surface area (TPSA) is 0 Å². The Labute approximate surface area is 96.5 Å². The zero-order chi connectivity index (χ0) is 13.2. The number of alkyl halides is 3. The van der Waals surface area contributed by atoms with Gasteiger partial charge in [-0.1, -0.05) is 46.8 Å². The van der Waals surface area contributed by atoms with E-state index >= 15 is 0 Å². The highest BCUT2D eigenvalue weighted by molar-refractivity contribution is 5.24. The summed E-state index contributed by atoms with van der Waals surface area (Å²) in [5.74, 6) is 0. The highest BCUT2D eigenvalue weighted by Gasteiger charge is 2.29. The summed E-state index contributed by atoms with van der Waals surface area (Å²) in [5, 5.41) is 0. The molecule has 0 atom stereocenters. The molecule has 0 aliphatic rings. The van der Waals surface area contributed by atoms with Crippen LogP contribution in [0.5, 0.6) is 0 Å². The molecule has 0 nitrogen and oxygen atoms in total. The van der Waals surface area contributed by atoms with Gasteiger partial charge in [-0.05, 0) is 24.1 Å². The van der Waals surface area contributed by atoms with Crippen molar-refractivity contribution >= 4 is 0 Å². The molecule has 0 spiro atoms. The second kappa shape index (κ2) is 9.25. The fourth-order valence-electron chi connectivity index (χ4n) is 0.929. The predicted octanol–water partition coefficient (Wildman–Crippen LogP) is 5.32. The van der Waals surface area contributed by atoms with Crippen LogP contribution in [-0.4, -0.2) is 0 Å². The summed E-state index contributed by atoms with van der Waals surface area (Å²) >= 11 is 0. The van der Waals surface area contributed by atoms with Crippen LogP contribution >= 0.6 is 0 Å². The Balaban J connectivity index is 0. The molecule has 0 heterocycles. The molecule has 0 radical (unpaired) electrons. The fraction of sp³-hybridized carbons (Fsp3) is 0.538. The molecular formula is C13H21F3. The summed E-state index contributed by atoms with van der Waals surface area (Å²) in [6, 6.07) is 5.23. The molecule has 1 rings (SSSR count). The summed E-state index contributed by atoms with van der Waals surface area (Å²) in [6.07, 6.45) is -3.45. The minimum atomic E-state index is -4.22. The van der Waals surface area contributed by atoms with Crippen molar-refractivity contribution in [1.29, 1.82) is 0 Å². The van der Waals surface area contributed by atoms with Gasteiger partial charge in [0, 0.05) is 0 Å². The molecule has 0 aliphatic heterocycles. The molecule has 0 N–H and O–H groups in total. The third kappa shape index (κ3) is 6.49. The van der Waals surface area contributed by atoms with E-state index in [1.165, 1.54) is 12.1 Å². The summed E-state index contributed by atoms with van der Waals surface area (Å²) in [7, 11) is 0. The Kier molecular flexibility index (Phi) is 10.1. The molecule has 0 fully saturated rings. The predicted molar refractivity (Wildman–Crippen MR) is 63.5 cm³/mol. The number of rotatable bonds is 1. The van der Waals surface area contributed by atoms with Gasteiger partial charge < -0.3 is 0 Å². The van der Waals surface area contributed by atoms with Crippen LogP contribution in [0.25, 0.3) is 0 Å². The molecule has 3 heteroatoms. The van der Waals surface area contributed by atoms with Crippen molar-refractivity contribution in [1.82, 2.24) is 0 Å². The number of benzene rings is 1. The van der Waals surface area contributed by atoms with Crippen molar-refractivity contribution in [2.75, 3.05) is 0 Å². The van der Waals surface area contributed by atoms with Crippen molar-refractivity contribution in [3.05, 3.63) is 35.4 Å². The minimum Gasteiger partial charge on any atom is -0.166 e. The quantitative estimate of drug-likeness (QED) is 0.617. The number of aryl methyl sites for hydroxylation is 1. The zero-order valence-corrected chi connectivity index (χ0v) is 10.7. The van der Waals surface area contributed by atoms with E-state index in [2.05, 4.69) is 0 Å². The van der Waals surface area contributed by atoms with Crippen molar-refractivity contribution in [3.8, 4) is 0 Å². The average molecular weight is 234 g/mol. The third-order valence-corrected chi connectivity index (χ3v) is 1.69. The second-order valence-electron chi connectivity index (χ2n) is 2.55. The van der Waals surface area contributed by atoms with Gasteiger partial charge in [-0.3, -0.25) is 0 Å². The monoisotopic (exact) mass is 234 g/mol. The van der Waals surface area contributed by atoms with E-state index in [1.54, 1.807) is 0 Å². The van der Waals surface area contributed by atoms with Crippen LogP contribution in [0.4, 0.5) is 13.2 Å².